The van der Waals surface area contributed by atoms with E-state index < -0.39 is 6.04 Å². The molecule has 1 unspecified atom stereocenters. The van der Waals surface area contributed by atoms with Crippen molar-refractivity contribution in [3.8, 4) is 0 Å². The molecule has 0 saturated carbocycles. The zero-order valence-electron chi connectivity index (χ0n) is 16.4. The van der Waals surface area contributed by atoms with Crippen molar-refractivity contribution < 1.29 is 19.1 Å². The lowest BCUT2D eigenvalue weighted by Gasteiger charge is -2.38. The fourth-order valence-electron chi connectivity index (χ4n) is 3.25. The van der Waals surface area contributed by atoms with Crippen molar-refractivity contribution in [3.05, 3.63) is 34.9 Å². The molecule has 8 heteroatoms. The molecular formula is C20H28ClN3O4. The van der Waals surface area contributed by atoms with E-state index in [9.17, 15) is 14.4 Å². The van der Waals surface area contributed by atoms with Crippen LogP contribution in [0.2, 0.25) is 5.02 Å². The van der Waals surface area contributed by atoms with Crippen LogP contribution in [-0.4, -0.2) is 67.4 Å². The first-order valence-corrected chi connectivity index (χ1v) is 9.95. The molecule has 0 aromatic heterocycles. The third-order valence-corrected chi connectivity index (χ3v) is 4.99. The van der Waals surface area contributed by atoms with Crippen molar-refractivity contribution in [3.63, 3.8) is 0 Å². The van der Waals surface area contributed by atoms with E-state index in [1.54, 1.807) is 23.1 Å². The van der Waals surface area contributed by atoms with Crippen LogP contribution < -0.4 is 5.32 Å². The number of hydrogen-bond acceptors (Lipinski definition) is 5. The molecule has 1 heterocycles. The highest BCUT2D eigenvalue weighted by Gasteiger charge is 2.32. The number of nitrogens with zero attached hydrogens (tertiary/aromatic N) is 2. The monoisotopic (exact) mass is 409 g/mol. The molecule has 2 amide bonds. The van der Waals surface area contributed by atoms with Crippen LogP contribution in [0.4, 0.5) is 0 Å². The first-order chi connectivity index (χ1) is 13.5. The molecule has 1 aliphatic rings. The van der Waals surface area contributed by atoms with Crippen molar-refractivity contribution >= 4 is 29.4 Å². The SMILES string of the molecule is CCCNC(=O)CCC(=O)N1CCN(C(C(=O)OC)c2cccc(Cl)c2)CC1. The third kappa shape index (κ3) is 6.21. The molecule has 1 aliphatic heterocycles. The molecule has 1 atom stereocenters. The van der Waals surface area contributed by atoms with Gasteiger partial charge in [-0.25, -0.2) is 4.79 Å². The number of halogens is 1. The lowest BCUT2D eigenvalue weighted by molar-refractivity contribution is -0.148. The lowest BCUT2D eigenvalue weighted by atomic mass is 10.0. The average Bonchev–Trinajstić information content (AvgIpc) is 2.71. The molecule has 1 fully saturated rings. The molecule has 28 heavy (non-hydrogen) atoms. The van der Waals surface area contributed by atoms with E-state index in [1.165, 1.54) is 7.11 Å². The lowest BCUT2D eigenvalue weighted by Crippen LogP contribution is -2.51. The van der Waals surface area contributed by atoms with Crippen LogP contribution in [0.5, 0.6) is 0 Å². The number of nitrogens with one attached hydrogen (secondary N) is 1. The summed E-state index contributed by atoms with van der Waals surface area (Å²) in [6, 6.07) is 6.61. The van der Waals surface area contributed by atoms with E-state index in [4.69, 9.17) is 16.3 Å². The Kier molecular flexibility index (Phi) is 8.73. The molecule has 0 radical (unpaired) electrons. The molecule has 1 aromatic rings. The fraction of sp³-hybridized carbons (Fsp3) is 0.550. The normalized spacial score (nSPS) is 15.8. The largest absolute Gasteiger partial charge is 0.468 e. The average molecular weight is 410 g/mol. The van der Waals surface area contributed by atoms with E-state index in [0.717, 1.165) is 12.0 Å². The maximum atomic E-state index is 12.4. The van der Waals surface area contributed by atoms with Gasteiger partial charge in [0.25, 0.3) is 0 Å². The summed E-state index contributed by atoms with van der Waals surface area (Å²) in [4.78, 5) is 40.2. The maximum Gasteiger partial charge on any atom is 0.327 e. The fourth-order valence-corrected chi connectivity index (χ4v) is 3.44. The first-order valence-electron chi connectivity index (χ1n) is 9.58. The number of methoxy groups -OCH3 is 1. The van der Waals surface area contributed by atoms with Crippen molar-refractivity contribution in [1.29, 1.82) is 0 Å². The zero-order chi connectivity index (χ0) is 20.5. The van der Waals surface area contributed by atoms with Gasteiger partial charge in [0.15, 0.2) is 0 Å². The van der Waals surface area contributed by atoms with Crippen molar-refractivity contribution in [2.45, 2.75) is 32.2 Å². The van der Waals surface area contributed by atoms with E-state index in [2.05, 4.69) is 5.32 Å². The summed E-state index contributed by atoms with van der Waals surface area (Å²) in [5.74, 6) is -0.487. The van der Waals surface area contributed by atoms with E-state index in [-0.39, 0.29) is 30.6 Å². The number of hydrogen-bond donors (Lipinski definition) is 1. The second-order valence-electron chi connectivity index (χ2n) is 6.75. The van der Waals surface area contributed by atoms with Gasteiger partial charge in [0.1, 0.15) is 6.04 Å². The minimum absolute atomic E-state index is 0.0383. The summed E-state index contributed by atoms with van der Waals surface area (Å²) < 4.78 is 4.98. The van der Waals surface area contributed by atoms with Gasteiger partial charge in [0.05, 0.1) is 7.11 Å². The van der Waals surface area contributed by atoms with Crippen LogP contribution in [0.25, 0.3) is 0 Å². The predicted molar refractivity (Wildman–Crippen MR) is 107 cm³/mol. The highest BCUT2D eigenvalue weighted by molar-refractivity contribution is 6.30. The highest BCUT2D eigenvalue weighted by atomic mass is 35.5. The van der Waals surface area contributed by atoms with Crippen LogP contribution >= 0.6 is 11.6 Å². The molecule has 154 valence electrons. The number of esters is 1. The zero-order valence-corrected chi connectivity index (χ0v) is 17.2. The summed E-state index contributed by atoms with van der Waals surface area (Å²) in [7, 11) is 1.36. The minimum atomic E-state index is -0.555. The molecule has 1 aromatic carbocycles. The number of rotatable bonds is 8. The van der Waals surface area contributed by atoms with Gasteiger partial charge in [-0.15, -0.1) is 0 Å². The molecule has 0 spiro atoms. The van der Waals surface area contributed by atoms with Gasteiger partial charge < -0.3 is 15.0 Å². The summed E-state index contributed by atoms with van der Waals surface area (Å²) in [5.41, 5.74) is 0.770. The highest BCUT2D eigenvalue weighted by Crippen LogP contribution is 2.26. The molecule has 7 nitrogen and oxygen atoms in total. The molecule has 1 saturated heterocycles. The molecule has 1 N–H and O–H groups in total. The number of carbonyl (C=O) groups is 3. The Morgan fingerprint density at radius 1 is 1.18 bits per heavy atom. The van der Waals surface area contributed by atoms with Gasteiger partial charge in [-0.3, -0.25) is 14.5 Å². The van der Waals surface area contributed by atoms with E-state index >= 15 is 0 Å². The molecule has 2 rings (SSSR count). The minimum Gasteiger partial charge on any atom is -0.468 e. The second kappa shape index (κ2) is 11.0. The van der Waals surface area contributed by atoms with Crippen LogP contribution in [0.1, 0.15) is 37.8 Å². The smallest absolute Gasteiger partial charge is 0.327 e. The quantitative estimate of drug-likeness (QED) is 0.664. The maximum absolute atomic E-state index is 12.4. The van der Waals surface area contributed by atoms with Crippen molar-refractivity contribution in [2.24, 2.45) is 0 Å². The Morgan fingerprint density at radius 3 is 2.50 bits per heavy atom. The summed E-state index contributed by atoms with van der Waals surface area (Å²) in [6.45, 7) is 4.70. The Hall–Kier alpha value is -2.12. The van der Waals surface area contributed by atoms with Crippen LogP contribution in [0.3, 0.4) is 0 Å². The summed E-state index contributed by atoms with van der Waals surface area (Å²) >= 11 is 6.08. The second-order valence-corrected chi connectivity index (χ2v) is 7.18. The standard InChI is InChI=1S/C20H28ClN3O4/c1-3-9-22-17(25)7-8-18(26)23-10-12-24(13-11-23)19(20(27)28-2)15-5-4-6-16(21)14-15/h4-6,14,19H,3,7-13H2,1-2H3,(H,22,25). The van der Waals surface area contributed by atoms with Crippen LogP contribution in [0, 0.1) is 0 Å². The van der Waals surface area contributed by atoms with Gasteiger partial charge in [-0.05, 0) is 24.1 Å². The van der Waals surface area contributed by atoms with Gasteiger partial charge >= 0.3 is 5.97 Å². The molecular weight excluding hydrogens is 382 g/mol. The summed E-state index contributed by atoms with van der Waals surface area (Å²) in [6.07, 6.45) is 1.27. The van der Waals surface area contributed by atoms with Crippen molar-refractivity contribution in [1.82, 2.24) is 15.1 Å². The number of piperazine rings is 1. The Morgan fingerprint density at radius 2 is 1.89 bits per heavy atom. The Balaban J connectivity index is 1.92. The first kappa shape index (κ1) is 22.2. The number of carbonyl (C=O) groups excluding carboxylic acids is 3. The van der Waals surface area contributed by atoms with Crippen molar-refractivity contribution in [2.75, 3.05) is 39.8 Å². The Labute approximate surface area is 171 Å². The van der Waals surface area contributed by atoms with Gasteiger partial charge in [-0.2, -0.15) is 0 Å². The van der Waals surface area contributed by atoms with Gasteiger partial charge in [0.2, 0.25) is 11.8 Å². The van der Waals surface area contributed by atoms with E-state index in [1.807, 2.05) is 17.9 Å². The predicted octanol–water partition coefficient (Wildman–Crippen LogP) is 2.00. The summed E-state index contributed by atoms with van der Waals surface area (Å²) in [5, 5.41) is 3.33. The molecule has 0 aliphatic carbocycles. The van der Waals surface area contributed by atoms with Gasteiger partial charge in [-0.1, -0.05) is 30.7 Å². The van der Waals surface area contributed by atoms with Crippen LogP contribution in [0.15, 0.2) is 24.3 Å². The Bertz CT molecular complexity index is 690. The number of amides is 2. The topological polar surface area (TPSA) is 79.0 Å². The van der Waals surface area contributed by atoms with E-state index in [0.29, 0.717) is 37.7 Å². The third-order valence-electron chi connectivity index (χ3n) is 4.76. The number of benzene rings is 1. The number of ether oxygens (including phenoxy) is 1. The van der Waals surface area contributed by atoms with Crippen LogP contribution in [-0.2, 0) is 19.1 Å². The van der Waals surface area contributed by atoms with Gasteiger partial charge in [0, 0.05) is 50.6 Å². The molecule has 0 bridgehead atoms.